The molecule has 1 aliphatic heterocycles. The van der Waals surface area contributed by atoms with Crippen LogP contribution in [0.3, 0.4) is 0 Å². The Hall–Kier alpha value is -1.64. The molecule has 1 radical (unpaired) electrons. The van der Waals surface area contributed by atoms with Gasteiger partial charge in [-0.25, -0.2) is 8.80 Å². The molecule has 1 saturated heterocycles. The van der Waals surface area contributed by atoms with Crippen LogP contribution in [-0.2, 0) is 0 Å². The lowest BCUT2D eigenvalue weighted by Gasteiger charge is -2.44. The molecule has 0 aromatic heterocycles. The average Bonchev–Trinajstić information content (AvgIpc) is 3.05. The minimum atomic E-state index is -1.95. The fourth-order valence-corrected chi connectivity index (χ4v) is 9.82. The maximum Gasteiger partial charge on any atom is 0.0379 e. The SMILES string of the molecule is CC1(C)CN([P](c2ccccc2)(c2ccccc2)c2ccccc2)SN1. The Morgan fingerprint density at radius 2 is 1.12 bits per heavy atom. The topological polar surface area (TPSA) is 15.3 Å². The quantitative estimate of drug-likeness (QED) is 0.542. The van der Waals surface area contributed by atoms with Crippen molar-refractivity contribution in [1.82, 2.24) is 8.80 Å². The second-order valence-electron chi connectivity index (χ2n) is 7.23. The number of hydrogen-bond acceptors (Lipinski definition) is 3. The van der Waals surface area contributed by atoms with E-state index in [9.17, 15) is 0 Å². The Bertz CT molecular complexity index is 756. The summed E-state index contributed by atoms with van der Waals surface area (Å²) in [6.45, 7) is 5.54. The Morgan fingerprint density at radius 1 is 0.731 bits per heavy atom. The second kappa shape index (κ2) is 7.17. The van der Waals surface area contributed by atoms with E-state index in [0.717, 1.165) is 6.54 Å². The molecule has 0 amide bonds. The van der Waals surface area contributed by atoms with Crippen LogP contribution in [0.15, 0.2) is 91.0 Å². The largest absolute Gasteiger partial charge is 0.243 e. The molecule has 133 valence electrons. The molecule has 1 N–H and O–H groups in total. The first-order valence-electron chi connectivity index (χ1n) is 8.91. The zero-order valence-electron chi connectivity index (χ0n) is 15.2. The van der Waals surface area contributed by atoms with Gasteiger partial charge in [-0.3, -0.25) is 0 Å². The molecule has 26 heavy (non-hydrogen) atoms. The summed E-state index contributed by atoms with van der Waals surface area (Å²) in [7, 11) is -1.95. The van der Waals surface area contributed by atoms with Gasteiger partial charge in [0.2, 0.25) is 0 Å². The Morgan fingerprint density at radius 3 is 1.42 bits per heavy atom. The van der Waals surface area contributed by atoms with E-state index in [2.05, 4.69) is 114 Å². The van der Waals surface area contributed by atoms with E-state index in [1.807, 2.05) is 0 Å². The van der Waals surface area contributed by atoms with Crippen LogP contribution in [-0.4, -0.2) is 16.2 Å². The van der Waals surface area contributed by atoms with Gasteiger partial charge in [0, 0.05) is 31.6 Å². The van der Waals surface area contributed by atoms with Gasteiger partial charge in [0.25, 0.3) is 0 Å². The molecule has 0 spiro atoms. The van der Waals surface area contributed by atoms with Crippen molar-refractivity contribution >= 4 is 35.5 Å². The van der Waals surface area contributed by atoms with Gasteiger partial charge in [-0.2, -0.15) is 0 Å². The predicted octanol–water partition coefficient (Wildman–Crippen LogP) is 4.14. The maximum absolute atomic E-state index is 3.63. The number of rotatable bonds is 4. The third-order valence-electron chi connectivity index (χ3n) is 4.68. The van der Waals surface area contributed by atoms with Crippen molar-refractivity contribution in [3.05, 3.63) is 91.0 Å². The second-order valence-corrected chi connectivity index (χ2v) is 11.6. The zero-order valence-corrected chi connectivity index (χ0v) is 16.9. The van der Waals surface area contributed by atoms with Crippen molar-refractivity contribution in [2.75, 3.05) is 6.54 Å². The maximum atomic E-state index is 3.63. The number of nitrogens with zero attached hydrogens (tertiary/aromatic N) is 1. The van der Waals surface area contributed by atoms with Gasteiger partial charge in [0.15, 0.2) is 0 Å². The molecule has 3 aromatic rings. The summed E-state index contributed by atoms with van der Waals surface area (Å²) >= 11 is 1.77. The third kappa shape index (κ3) is 3.10. The van der Waals surface area contributed by atoms with Crippen LogP contribution in [0.2, 0.25) is 0 Å². The zero-order chi connectivity index (χ0) is 18.0. The fraction of sp³-hybridized carbons (Fsp3) is 0.182. The van der Waals surface area contributed by atoms with E-state index in [1.165, 1.54) is 15.9 Å². The molecular weight excluding hydrogens is 355 g/mol. The van der Waals surface area contributed by atoms with Crippen LogP contribution in [0.1, 0.15) is 13.8 Å². The minimum Gasteiger partial charge on any atom is -0.243 e. The van der Waals surface area contributed by atoms with Crippen molar-refractivity contribution < 1.29 is 0 Å². The van der Waals surface area contributed by atoms with Gasteiger partial charge in [-0.05, 0) is 29.8 Å². The highest BCUT2D eigenvalue weighted by molar-refractivity contribution is 8.08. The summed E-state index contributed by atoms with van der Waals surface area (Å²) in [6.07, 6.45) is 0. The number of nitrogens with one attached hydrogen (secondary N) is 1. The number of hydrogen-bond donors (Lipinski definition) is 1. The molecule has 4 rings (SSSR count). The first-order chi connectivity index (χ1) is 12.6. The Kier molecular flexibility index (Phi) is 4.90. The van der Waals surface area contributed by atoms with Gasteiger partial charge < -0.3 is 0 Å². The molecule has 3 aromatic carbocycles. The van der Waals surface area contributed by atoms with Crippen molar-refractivity contribution in [2.24, 2.45) is 0 Å². The molecule has 1 heterocycles. The lowest BCUT2D eigenvalue weighted by molar-refractivity contribution is 0.470. The van der Waals surface area contributed by atoms with E-state index >= 15 is 0 Å². The monoisotopic (exact) mass is 379 g/mol. The van der Waals surface area contributed by atoms with Crippen molar-refractivity contribution in [2.45, 2.75) is 19.4 Å². The van der Waals surface area contributed by atoms with Gasteiger partial charge in [0.05, 0.1) is 0 Å². The first-order valence-corrected chi connectivity index (χ1v) is 11.4. The minimum absolute atomic E-state index is 0.0776. The normalized spacial score (nSPS) is 17.3. The Balaban J connectivity index is 2.01. The summed E-state index contributed by atoms with van der Waals surface area (Å²) < 4.78 is 6.24. The Labute approximate surface area is 161 Å². The van der Waals surface area contributed by atoms with Gasteiger partial charge in [0.1, 0.15) is 0 Å². The molecule has 0 atom stereocenters. The van der Waals surface area contributed by atoms with E-state index in [0.29, 0.717) is 0 Å². The van der Waals surface area contributed by atoms with Crippen LogP contribution < -0.4 is 20.6 Å². The van der Waals surface area contributed by atoms with Gasteiger partial charge in [-0.15, -0.1) is 0 Å². The summed E-state index contributed by atoms with van der Waals surface area (Å²) in [5, 5.41) is 4.18. The van der Waals surface area contributed by atoms with E-state index in [-0.39, 0.29) is 5.54 Å². The van der Waals surface area contributed by atoms with Crippen molar-refractivity contribution in [3.63, 3.8) is 0 Å². The highest BCUT2D eigenvalue weighted by atomic mass is 32.2. The van der Waals surface area contributed by atoms with Crippen LogP contribution in [0.5, 0.6) is 0 Å². The van der Waals surface area contributed by atoms with Crippen molar-refractivity contribution in [3.8, 4) is 0 Å². The van der Waals surface area contributed by atoms with E-state index in [1.54, 1.807) is 12.1 Å². The predicted molar refractivity (Wildman–Crippen MR) is 117 cm³/mol. The van der Waals surface area contributed by atoms with Gasteiger partial charge >= 0.3 is 0 Å². The smallest absolute Gasteiger partial charge is 0.0379 e. The molecular formula is C22H24N2PS. The molecule has 0 saturated carbocycles. The average molecular weight is 379 g/mol. The van der Waals surface area contributed by atoms with Crippen LogP contribution in [0, 0.1) is 0 Å². The lowest BCUT2D eigenvalue weighted by Crippen LogP contribution is -2.42. The fourth-order valence-electron chi connectivity index (χ4n) is 3.51. The molecule has 0 bridgehead atoms. The molecule has 0 unspecified atom stereocenters. The first kappa shape index (κ1) is 17.8. The van der Waals surface area contributed by atoms with E-state index in [4.69, 9.17) is 0 Å². The summed E-state index contributed by atoms with van der Waals surface area (Å²) in [5.74, 6) is 0. The number of benzene rings is 3. The van der Waals surface area contributed by atoms with E-state index < -0.39 is 7.41 Å². The highest BCUT2D eigenvalue weighted by Crippen LogP contribution is 2.63. The highest BCUT2D eigenvalue weighted by Gasteiger charge is 2.46. The van der Waals surface area contributed by atoms with Gasteiger partial charge in [-0.1, -0.05) is 91.0 Å². The van der Waals surface area contributed by atoms with Crippen molar-refractivity contribution in [1.29, 1.82) is 0 Å². The standard InChI is InChI=1S/C22H24N2PS/c1-22(2)18-24(26-23-22)25(19-12-6-3-7-13-19,20-14-8-4-9-15-20)21-16-10-5-11-17-21/h3-17,23H,18H2,1-2H3. The van der Waals surface area contributed by atoms with Crippen LogP contribution >= 0.6 is 19.5 Å². The summed E-state index contributed by atoms with van der Waals surface area (Å²) in [6, 6.07) is 33.0. The third-order valence-corrected chi connectivity index (χ3v) is 10.6. The molecule has 4 heteroatoms. The lowest BCUT2D eigenvalue weighted by atomic mass is 10.1. The van der Waals surface area contributed by atoms with Crippen LogP contribution in [0.25, 0.3) is 0 Å². The molecule has 1 aliphatic rings. The molecule has 0 aliphatic carbocycles. The molecule has 2 nitrogen and oxygen atoms in total. The van der Waals surface area contributed by atoms with Crippen LogP contribution in [0.4, 0.5) is 0 Å². The summed E-state index contributed by atoms with van der Waals surface area (Å²) in [5.41, 5.74) is 0.0776. The summed E-state index contributed by atoms with van der Waals surface area (Å²) in [4.78, 5) is 0. The molecule has 1 fully saturated rings.